The van der Waals surface area contributed by atoms with Crippen LogP contribution in [-0.4, -0.2) is 34.6 Å². The van der Waals surface area contributed by atoms with E-state index in [0.717, 1.165) is 29.2 Å². The highest BCUT2D eigenvalue weighted by molar-refractivity contribution is 6.35. The van der Waals surface area contributed by atoms with Crippen molar-refractivity contribution in [2.24, 2.45) is 5.92 Å². The number of halogens is 2. The summed E-state index contributed by atoms with van der Waals surface area (Å²) in [6.07, 6.45) is 3.61. The molecule has 0 spiro atoms. The molecule has 7 nitrogen and oxygen atoms in total. The number of benzene rings is 2. The van der Waals surface area contributed by atoms with Gasteiger partial charge in [0.1, 0.15) is 12.4 Å². The monoisotopic (exact) mass is 513 g/mol. The zero-order chi connectivity index (χ0) is 25.4. The van der Waals surface area contributed by atoms with Crippen molar-refractivity contribution >= 4 is 40.8 Å². The number of hydrogen-bond acceptors (Lipinski definition) is 5. The molecule has 35 heavy (non-hydrogen) atoms. The van der Waals surface area contributed by atoms with Gasteiger partial charge in [0.05, 0.1) is 17.9 Å². The number of aromatic nitrogens is 1. The number of rotatable bonds is 10. The van der Waals surface area contributed by atoms with Crippen LogP contribution in [0.15, 0.2) is 73.1 Å². The summed E-state index contributed by atoms with van der Waals surface area (Å²) in [5.41, 5.74) is 2.81. The second-order valence-corrected chi connectivity index (χ2v) is 8.94. The molecule has 1 aromatic heterocycles. The second-order valence-electron chi connectivity index (χ2n) is 8.07. The maximum Gasteiger partial charge on any atom is 0.329 e. The first-order chi connectivity index (χ1) is 16.7. The van der Waals surface area contributed by atoms with E-state index >= 15 is 0 Å². The Morgan fingerprint density at radius 2 is 1.74 bits per heavy atom. The highest BCUT2D eigenvalue weighted by Gasteiger charge is 2.15. The lowest BCUT2D eigenvalue weighted by Crippen LogP contribution is -2.32. The fourth-order valence-corrected chi connectivity index (χ4v) is 3.65. The van der Waals surface area contributed by atoms with Gasteiger partial charge in [0, 0.05) is 39.1 Å². The van der Waals surface area contributed by atoms with E-state index in [1.807, 2.05) is 12.1 Å². The smallest absolute Gasteiger partial charge is 0.329 e. The summed E-state index contributed by atoms with van der Waals surface area (Å²) in [5, 5.41) is 15.5. The van der Waals surface area contributed by atoms with Gasteiger partial charge in [-0.2, -0.15) is 0 Å². The predicted octanol–water partition coefficient (Wildman–Crippen LogP) is 5.90. The number of pyridine rings is 1. The summed E-state index contributed by atoms with van der Waals surface area (Å²) in [6, 6.07) is 15.9. The van der Waals surface area contributed by atoms with Crippen LogP contribution in [0.25, 0.3) is 11.3 Å². The Morgan fingerprint density at radius 3 is 2.31 bits per heavy atom. The number of ether oxygens (including phenoxy) is 1. The Bertz CT molecular complexity index is 1180. The van der Waals surface area contributed by atoms with Crippen molar-refractivity contribution in [2.45, 2.75) is 19.9 Å². The molecule has 3 rings (SSSR count). The predicted molar refractivity (Wildman–Crippen MR) is 138 cm³/mol. The first-order valence-corrected chi connectivity index (χ1v) is 11.6. The lowest BCUT2D eigenvalue weighted by Gasteiger charge is -2.24. The third kappa shape index (κ3) is 8.02. The van der Waals surface area contributed by atoms with Crippen LogP contribution in [0.3, 0.4) is 0 Å². The molecule has 182 valence electrons. The Labute approximate surface area is 213 Å². The molecule has 3 N–H and O–H groups in total. The van der Waals surface area contributed by atoms with Crippen molar-refractivity contribution in [2.75, 3.05) is 11.9 Å². The summed E-state index contributed by atoms with van der Waals surface area (Å²) >= 11 is 12.2. The van der Waals surface area contributed by atoms with Gasteiger partial charge in [-0.3, -0.25) is 9.78 Å². The number of carboxylic acid groups (broad SMARTS) is 1. The molecule has 0 unspecified atom stereocenters. The lowest BCUT2D eigenvalue weighted by atomic mass is 10.0. The van der Waals surface area contributed by atoms with E-state index in [1.165, 1.54) is 0 Å². The Hall–Kier alpha value is -3.55. The molecule has 1 atom stereocenters. The van der Waals surface area contributed by atoms with Crippen molar-refractivity contribution < 1.29 is 19.4 Å². The standard InChI is InChI=1S/C26H25Cl2N3O4/c1-16(2)24(31-21-5-3-17(4-6-21)26(34)29-10-9-25(32)33)15-35-22-7-8-23(30-14-22)18-11-19(27)13-20(28)12-18/h3-14,16,24,31H,15H2,1-2H3,(H,29,34)(H,32,33)/b10-9+/t24-/m1/s1. The summed E-state index contributed by atoms with van der Waals surface area (Å²) in [7, 11) is 0. The van der Waals surface area contributed by atoms with Gasteiger partial charge in [-0.1, -0.05) is 37.0 Å². The van der Waals surface area contributed by atoms with Crippen molar-refractivity contribution in [3.63, 3.8) is 0 Å². The molecule has 0 saturated carbocycles. The molecule has 0 bridgehead atoms. The molecule has 2 aromatic carbocycles. The molecular weight excluding hydrogens is 489 g/mol. The number of carbonyl (C=O) groups excluding carboxylic acids is 1. The quantitative estimate of drug-likeness (QED) is 0.292. The Morgan fingerprint density at radius 1 is 1.06 bits per heavy atom. The van der Waals surface area contributed by atoms with Crippen LogP contribution in [0.2, 0.25) is 10.0 Å². The highest BCUT2D eigenvalue weighted by Crippen LogP contribution is 2.27. The van der Waals surface area contributed by atoms with E-state index in [0.29, 0.717) is 28.0 Å². The number of carboxylic acids is 1. The van der Waals surface area contributed by atoms with Crippen molar-refractivity contribution in [3.05, 3.63) is 88.7 Å². The normalized spacial score (nSPS) is 11.9. The molecule has 1 heterocycles. The average Bonchev–Trinajstić information content (AvgIpc) is 2.81. The molecule has 0 fully saturated rings. The van der Waals surface area contributed by atoms with Gasteiger partial charge < -0.3 is 20.5 Å². The van der Waals surface area contributed by atoms with Crippen LogP contribution in [0.5, 0.6) is 5.75 Å². The van der Waals surface area contributed by atoms with Gasteiger partial charge in [0.2, 0.25) is 0 Å². The topological polar surface area (TPSA) is 101 Å². The number of nitrogens with one attached hydrogen (secondary N) is 2. The highest BCUT2D eigenvalue weighted by atomic mass is 35.5. The minimum absolute atomic E-state index is 0.000380. The van der Waals surface area contributed by atoms with E-state index in [1.54, 1.807) is 48.7 Å². The zero-order valence-electron chi connectivity index (χ0n) is 19.2. The van der Waals surface area contributed by atoms with E-state index < -0.39 is 11.9 Å². The largest absolute Gasteiger partial charge is 0.490 e. The fraction of sp³-hybridized carbons (Fsp3) is 0.192. The fourth-order valence-electron chi connectivity index (χ4n) is 3.13. The summed E-state index contributed by atoms with van der Waals surface area (Å²) in [4.78, 5) is 27.0. The third-order valence-electron chi connectivity index (χ3n) is 5.07. The lowest BCUT2D eigenvalue weighted by molar-refractivity contribution is -0.131. The molecule has 0 saturated heterocycles. The maximum atomic E-state index is 12.1. The molecule has 9 heteroatoms. The minimum atomic E-state index is -1.13. The number of anilines is 1. The molecule has 1 amide bonds. The maximum absolute atomic E-state index is 12.1. The van der Waals surface area contributed by atoms with Crippen LogP contribution in [0.1, 0.15) is 24.2 Å². The van der Waals surface area contributed by atoms with Crippen molar-refractivity contribution in [1.82, 2.24) is 10.3 Å². The van der Waals surface area contributed by atoms with Gasteiger partial charge in [-0.25, -0.2) is 4.79 Å². The van der Waals surface area contributed by atoms with Gasteiger partial charge in [-0.15, -0.1) is 0 Å². The second kappa shape index (κ2) is 12.2. The van der Waals surface area contributed by atoms with Crippen molar-refractivity contribution in [3.8, 4) is 17.0 Å². The Kier molecular flexibility index (Phi) is 9.11. The number of hydrogen-bond donors (Lipinski definition) is 3. The van der Waals surface area contributed by atoms with E-state index in [-0.39, 0.29) is 12.0 Å². The molecular formula is C26H25Cl2N3O4. The van der Waals surface area contributed by atoms with E-state index in [9.17, 15) is 9.59 Å². The van der Waals surface area contributed by atoms with Crippen LogP contribution >= 0.6 is 23.2 Å². The van der Waals surface area contributed by atoms with Crippen LogP contribution < -0.4 is 15.4 Å². The van der Waals surface area contributed by atoms with E-state index in [4.69, 9.17) is 33.0 Å². The number of nitrogens with zero attached hydrogens (tertiary/aromatic N) is 1. The average molecular weight is 514 g/mol. The van der Waals surface area contributed by atoms with Crippen LogP contribution in [0.4, 0.5) is 5.69 Å². The number of carbonyl (C=O) groups is 2. The van der Waals surface area contributed by atoms with E-state index in [2.05, 4.69) is 29.5 Å². The van der Waals surface area contributed by atoms with Gasteiger partial charge in [-0.05, 0) is 60.5 Å². The van der Waals surface area contributed by atoms with Gasteiger partial charge in [0.15, 0.2) is 0 Å². The van der Waals surface area contributed by atoms with Crippen LogP contribution in [0, 0.1) is 5.92 Å². The molecule has 0 aliphatic heterocycles. The minimum Gasteiger partial charge on any atom is -0.490 e. The molecule has 0 radical (unpaired) electrons. The first kappa shape index (κ1) is 26.1. The van der Waals surface area contributed by atoms with Crippen LogP contribution in [-0.2, 0) is 4.79 Å². The SMILES string of the molecule is CC(C)[C@@H](COc1ccc(-c2cc(Cl)cc(Cl)c2)nc1)Nc1ccc(C(=O)N/C=C/C(=O)O)cc1. The summed E-state index contributed by atoms with van der Waals surface area (Å²) in [5.74, 6) is -0.631. The summed E-state index contributed by atoms with van der Waals surface area (Å²) in [6.45, 7) is 4.58. The molecule has 0 aliphatic carbocycles. The zero-order valence-corrected chi connectivity index (χ0v) is 20.7. The third-order valence-corrected chi connectivity index (χ3v) is 5.50. The Balaban J connectivity index is 1.58. The molecule has 3 aromatic rings. The first-order valence-electron chi connectivity index (χ1n) is 10.8. The van der Waals surface area contributed by atoms with Gasteiger partial charge >= 0.3 is 5.97 Å². The number of aliphatic carboxylic acids is 1. The number of amides is 1. The summed E-state index contributed by atoms with van der Waals surface area (Å²) < 4.78 is 5.97. The van der Waals surface area contributed by atoms with Crippen molar-refractivity contribution in [1.29, 1.82) is 0 Å². The van der Waals surface area contributed by atoms with Gasteiger partial charge in [0.25, 0.3) is 5.91 Å². The molecule has 0 aliphatic rings.